The molecule has 0 aliphatic heterocycles. The Bertz CT molecular complexity index is 626. The van der Waals surface area contributed by atoms with Crippen LogP contribution in [-0.2, 0) is 5.60 Å². The summed E-state index contributed by atoms with van der Waals surface area (Å²) in [5.74, 6) is 0. The van der Waals surface area contributed by atoms with Crippen molar-refractivity contribution in [3.05, 3.63) is 60.2 Å². The molecule has 0 saturated carbocycles. The van der Waals surface area contributed by atoms with E-state index in [4.69, 9.17) is 0 Å². The van der Waals surface area contributed by atoms with Crippen LogP contribution in [0.3, 0.4) is 0 Å². The zero-order chi connectivity index (χ0) is 14.8. The lowest BCUT2D eigenvalue weighted by molar-refractivity contribution is -0.264. The average molecular weight is 280 g/mol. The molecule has 106 valence electrons. The molecule has 1 N–H and O–H groups in total. The third kappa shape index (κ3) is 2.43. The van der Waals surface area contributed by atoms with Gasteiger partial charge in [-0.15, -0.1) is 0 Å². The molecule has 0 bridgehead atoms. The maximum atomic E-state index is 13.4. The van der Waals surface area contributed by atoms with Crippen LogP contribution in [0.2, 0.25) is 0 Å². The van der Waals surface area contributed by atoms with E-state index in [0.29, 0.717) is 10.8 Å². The molecule has 0 radical (unpaired) electrons. The highest BCUT2D eigenvalue weighted by Crippen LogP contribution is 2.44. The van der Waals surface area contributed by atoms with Crippen molar-refractivity contribution in [1.82, 2.24) is 0 Å². The molecule has 0 saturated heterocycles. The van der Waals surface area contributed by atoms with E-state index in [1.807, 2.05) is 0 Å². The van der Waals surface area contributed by atoms with Crippen LogP contribution >= 0.6 is 0 Å². The Kier molecular flexibility index (Phi) is 3.86. The lowest BCUT2D eigenvalue weighted by Gasteiger charge is -2.31. The standard InChI is InChI=1S/C16H15F3O/c1-2-3-11-15(20,16(17,18)19)14-10-6-8-12-7-4-5-9-13(12)14/h2-10,20H,11H2,1H3/b3-2-/t15-/m1/s1. The van der Waals surface area contributed by atoms with Gasteiger partial charge in [0.25, 0.3) is 0 Å². The van der Waals surface area contributed by atoms with Crippen LogP contribution in [0.1, 0.15) is 18.9 Å². The monoisotopic (exact) mass is 280 g/mol. The molecule has 20 heavy (non-hydrogen) atoms. The third-order valence-corrected chi connectivity index (χ3v) is 3.35. The SMILES string of the molecule is C/C=C\C[C@@](O)(c1cccc2ccccc12)C(F)(F)F. The predicted octanol–water partition coefficient (Wildman–Crippen LogP) is 4.56. The second kappa shape index (κ2) is 5.29. The molecule has 0 aliphatic rings. The molecule has 2 rings (SSSR count). The molecule has 1 atom stereocenters. The van der Waals surface area contributed by atoms with Crippen molar-refractivity contribution >= 4 is 10.8 Å². The quantitative estimate of drug-likeness (QED) is 0.817. The van der Waals surface area contributed by atoms with Gasteiger partial charge in [0.1, 0.15) is 0 Å². The summed E-state index contributed by atoms with van der Waals surface area (Å²) in [6.07, 6.45) is -2.41. The summed E-state index contributed by atoms with van der Waals surface area (Å²) >= 11 is 0. The van der Waals surface area contributed by atoms with Crippen molar-refractivity contribution in [3.8, 4) is 0 Å². The number of fused-ring (bicyclic) bond motifs is 1. The van der Waals surface area contributed by atoms with Gasteiger partial charge < -0.3 is 5.11 Å². The van der Waals surface area contributed by atoms with E-state index in [9.17, 15) is 18.3 Å². The number of rotatable bonds is 3. The first-order valence-corrected chi connectivity index (χ1v) is 6.28. The molecule has 0 spiro atoms. The first-order valence-electron chi connectivity index (χ1n) is 6.28. The van der Waals surface area contributed by atoms with E-state index in [0.717, 1.165) is 0 Å². The number of benzene rings is 2. The van der Waals surface area contributed by atoms with Crippen molar-refractivity contribution in [1.29, 1.82) is 0 Å². The Balaban J connectivity index is 2.69. The van der Waals surface area contributed by atoms with Crippen LogP contribution in [0.4, 0.5) is 13.2 Å². The minimum Gasteiger partial charge on any atom is -0.376 e. The number of hydrogen-bond acceptors (Lipinski definition) is 1. The van der Waals surface area contributed by atoms with Crippen LogP contribution in [0.25, 0.3) is 10.8 Å². The normalized spacial score (nSPS) is 15.7. The highest BCUT2D eigenvalue weighted by Gasteiger charge is 2.54. The summed E-state index contributed by atoms with van der Waals surface area (Å²) in [5, 5.41) is 11.4. The fraction of sp³-hybridized carbons (Fsp3) is 0.250. The summed E-state index contributed by atoms with van der Waals surface area (Å²) in [6, 6.07) is 11.3. The van der Waals surface area contributed by atoms with E-state index in [2.05, 4.69) is 0 Å². The largest absolute Gasteiger partial charge is 0.421 e. The van der Waals surface area contributed by atoms with E-state index in [1.165, 1.54) is 24.3 Å². The zero-order valence-corrected chi connectivity index (χ0v) is 11.0. The van der Waals surface area contributed by atoms with Crippen molar-refractivity contribution in [2.75, 3.05) is 0 Å². The summed E-state index contributed by atoms with van der Waals surface area (Å²) in [7, 11) is 0. The fourth-order valence-corrected chi connectivity index (χ4v) is 2.25. The van der Waals surface area contributed by atoms with E-state index >= 15 is 0 Å². The van der Waals surface area contributed by atoms with Crippen LogP contribution in [-0.4, -0.2) is 11.3 Å². The van der Waals surface area contributed by atoms with Crippen molar-refractivity contribution < 1.29 is 18.3 Å². The van der Waals surface area contributed by atoms with Crippen LogP contribution in [0.15, 0.2) is 54.6 Å². The molecule has 1 nitrogen and oxygen atoms in total. The Morgan fingerprint density at radius 2 is 1.70 bits per heavy atom. The van der Waals surface area contributed by atoms with Gasteiger partial charge in [-0.2, -0.15) is 13.2 Å². The van der Waals surface area contributed by atoms with Gasteiger partial charge in [-0.3, -0.25) is 0 Å². The Morgan fingerprint density at radius 3 is 2.35 bits per heavy atom. The molecular formula is C16H15F3O. The molecule has 0 amide bonds. The Hall–Kier alpha value is -1.81. The van der Waals surface area contributed by atoms with Crippen molar-refractivity contribution in [2.45, 2.75) is 25.1 Å². The minimum absolute atomic E-state index is 0.110. The molecule has 0 unspecified atom stereocenters. The maximum Gasteiger partial charge on any atom is 0.421 e. The second-order valence-electron chi connectivity index (χ2n) is 4.66. The third-order valence-electron chi connectivity index (χ3n) is 3.35. The summed E-state index contributed by atoms with van der Waals surface area (Å²) < 4.78 is 40.1. The smallest absolute Gasteiger partial charge is 0.376 e. The summed E-state index contributed by atoms with van der Waals surface area (Å²) in [5.41, 5.74) is -2.98. The molecule has 4 heteroatoms. The molecule has 0 aliphatic carbocycles. The van der Waals surface area contributed by atoms with Gasteiger partial charge in [-0.1, -0.05) is 54.6 Å². The molecular weight excluding hydrogens is 265 g/mol. The van der Waals surface area contributed by atoms with Gasteiger partial charge in [0.2, 0.25) is 0 Å². The predicted molar refractivity (Wildman–Crippen MR) is 73.3 cm³/mol. The summed E-state index contributed by atoms with van der Waals surface area (Å²) in [6.45, 7) is 1.62. The zero-order valence-electron chi connectivity index (χ0n) is 11.0. The molecule has 0 aromatic heterocycles. The second-order valence-corrected chi connectivity index (χ2v) is 4.66. The van der Waals surface area contributed by atoms with Crippen molar-refractivity contribution in [2.24, 2.45) is 0 Å². The van der Waals surface area contributed by atoms with Crippen molar-refractivity contribution in [3.63, 3.8) is 0 Å². The lowest BCUT2D eigenvalue weighted by Crippen LogP contribution is -2.42. The Labute approximate surface area is 115 Å². The average Bonchev–Trinajstić information content (AvgIpc) is 2.43. The van der Waals surface area contributed by atoms with Gasteiger partial charge in [0.15, 0.2) is 5.60 Å². The van der Waals surface area contributed by atoms with Crippen LogP contribution in [0.5, 0.6) is 0 Å². The number of alkyl halides is 3. The van der Waals surface area contributed by atoms with Gasteiger partial charge in [0, 0.05) is 12.0 Å². The number of hydrogen-bond donors (Lipinski definition) is 1. The van der Waals surface area contributed by atoms with Gasteiger partial charge in [0.05, 0.1) is 0 Å². The first kappa shape index (κ1) is 14.6. The van der Waals surface area contributed by atoms with Crippen LogP contribution < -0.4 is 0 Å². The number of halogens is 3. The molecule has 0 heterocycles. The number of aliphatic hydroxyl groups is 1. The van der Waals surface area contributed by atoms with Gasteiger partial charge in [-0.05, 0) is 17.7 Å². The van der Waals surface area contributed by atoms with E-state index < -0.39 is 18.2 Å². The van der Waals surface area contributed by atoms with Crippen LogP contribution in [0, 0.1) is 0 Å². The van der Waals surface area contributed by atoms with Gasteiger partial charge in [-0.25, -0.2) is 0 Å². The summed E-state index contributed by atoms with van der Waals surface area (Å²) in [4.78, 5) is 0. The minimum atomic E-state index is -4.74. The fourth-order valence-electron chi connectivity index (χ4n) is 2.25. The Morgan fingerprint density at radius 1 is 1.05 bits per heavy atom. The van der Waals surface area contributed by atoms with E-state index in [-0.39, 0.29) is 5.56 Å². The lowest BCUT2D eigenvalue weighted by atomic mass is 9.86. The van der Waals surface area contributed by atoms with E-state index in [1.54, 1.807) is 37.3 Å². The van der Waals surface area contributed by atoms with Gasteiger partial charge >= 0.3 is 6.18 Å². The molecule has 0 fully saturated rings. The molecule has 2 aromatic rings. The number of allylic oxidation sites excluding steroid dienone is 1. The maximum absolute atomic E-state index is 13.4. The molecule has 2 aromatic carbocycles. The topological polar surface area (TPSA) is 20.2 Å². The highest BCUT2D eigenvalue weighted by atomic mass is 19.4. The highest BCUT2D eigenvalue weighted by molar-refractivity contribution is 5.86. The first-order chi connectivity index (χ1) is 9.40.